The molecule has 1 N–H and O–H groups in total. The van der Waals surface area contributed by atoms with Gasteiger partial charge in [-0.15, -0.1) is 0 Å². The van der Waals surface area contributed by atoms with Crippen molar-refractivity contribution >= 4 is 17.4 Å². The van der Waals surface area contributed by atoms with Crippen molar-refractivity contribution in [2.24, 2.45) is 0 Å². The van der Waals surface area contributed by atoms with Crippen LogP contribution in [0.15, 0.2) is 78.6 Å². The van der Waals surface area contributed by atoms with Crippen molar-refractivity contribution in [1.82, 2.24) is 9.88 Å². The Balaban J connectivity index is 1.85. The number of likely N-dealkylation sites (tertiary alicyclic amines) is 1. The van der Waals surface area contributed by atoms with Crippen LogP contribution in [0.3, 0.4) is 0 Å². The number of pyridine rings is 1. The van der Waals surface area contributed by atoms with Crippen molar-refractivity contribution in [3.05, 3.63) is 101 Å². The topological polar surface area (TPSA) is 79.7 Å². The first kappa shape index (κ1) is 20.3. The maximum Gasteiger partial charge on any atom is 0.295 e. The van der Waals surface area contributed by atoms with E-state index in [1.54, 1.807) is 49.8 Å². The molecule has 1 saturated heterocycles. The average molecular weight is 414 g/mol. The second-order valence-electron chi connectivity index (χ2n) is 7.43. The summed E-state index contributed by atoms with van der Waals surface area (Å²) in [6.07, 6.45) is 3.31. The van der Waals surface area contributed by atoms with Crippen molar-refractivity contribution < 1.29 is 19.4 Å². The molecular formula is C25H22N2O4. The standard InChI is InChI=1S/C25H22N2O4/c1-16-5-3-7-19(13-16)22-21(23(28)18-8-10-20(31-2)11-9-18)24(29)25(30)27(22)15-17-6-4-12-26-14-17/h3-14,22,28H,15H2,1-2H3/b23-21-. The molecule has 1 aliphatic rings. The monoisotopic (exact) mass is 414 g/mol. The molecule has 0 bridgehead atoms. The summed E-state index contributed by atoms with van der Waals surface area (Å²) in [6, 6.07) is 17.3. The van der Waals surface area contributed by atoms with Crippen molar-refractivity contribution in [3.8, 4) is 5.75 Å². The minimum absolute atomic E-state index is 0.0738. The molecule has 0 radical (unpaired) electrons. The van der Waals surface area contributed by atoms with Crippen LogP contribution in [0.4, 0.5) is 0 Å². The number of aryl methyl sites for hydroxylation is 1. The second kappa shape index (κ2) is 8.44. The van der Waals surface area contributed by atoms with Crippen molar-refractivity contribution in [2.75, 3.05) is 7.11 Å². The minimum atomic E-state index is -0.706. The van der Waals surface area contributed by atoms with Crippen LogP contribution >= 0.6 is 0 Å². The molecule has 2 aromatic carbocycles. The maximum absolute atomic E-state index is 13.1. The van der Waals surface area contributed by atoms with E-state index >= 15 is 0 Å². The number of aromatic nitrogens is 1. The largest absolute Gasteiger partial charge is 0.507 e. The number of aliphatic hydroxyl groups excluding tert-OH is 1. The zero-order chi connectivity index (χ0) is 22.0. The Labute approximate surface area is 180 Å². The first-order chi connectivity index (χ1) is 15.0. The van der Waals surface area contributed by atoms with E-state index in [1.165, 1.54) is 4.90 Å². The van der Waals surface area contributed by atoms with E-state index in [4.69, 9.17) is 4.74 Å². The Hall–Kier alpha value is -3.93. The smallest absolute Gasteiger partial charge is 0.295 e. The van der Waals surface area contributed by atoms with Gasteiger partial charge in [0, 0.05) is 24.5 Å². The van der Waals surface area contributed by atoms with Crippen LogP contribution in [0.25, 0.3) is 5.76 Å². The quantitative estimate of drug-likeness (QED) is 0.388. The number of aliphatic hydroxyl groups is 1. The summed E-state index contributed by atoms with van der Waals surface area (Å²) in [6.45, 7) is 2.15. The van der Waals surface area contributed by atoms with E-state index in [1.807, 2.05) is 37.3 Å². The van der Waals surface area contributed by atoms with Crippen molar-refractivity contribution in [1.29, 1.82) is 0 Å². The summed E-state index contributed by atoms with van der Waals surface area (Å²) in [5.74, 6) is -0.931. The Morgan fingerprint density at radius 2 is 1.87 bits per heavy atom. The molecular weight excluding hydrogens is 392 g/mol. The number of hydrogen-bond donors (Lipinski definition) is 1. The van der Waals surface area contributed by atoms with Gasteiger partial charge >= 0.3 is 0 Å². The fourth-order valence-electron chi connectivity index (χ4n) is 3.82. The van der Waals surface area contributed by atoms with Crippen LogP contribution in [-0.4, -0.2) is 33.8 Å². The summed E-state index contributed by atoms with van der Waals surface area (Å²) >= 11 is 0. The lowest BCUT2D eigenvalue weighted by molar-refractivity contribution is -0.140. The first-order valence-electron chi connectivity index (χ1n) is 9.88. The minimum Gasteiger partial charge on any atom is -0.507 e. The van der Waals surface area contributed by atoms with Crippen LogP contribution in [-0.2, 0) is 16.1 Å². The number of ether oxygens (including phenoxy) is 1. The fourth-order valence-corrected chi connectivity index (χ4v) is 3.82. The second-order valence-corrected chi connectivity index (χ2v) is 7.43. The number of hydrogen-bond acceptors (Lipinski definition) is 5. The van der Waals surface area contributed by atoms with Crippen molar-refractivity contribution in [2.45, 2.75) is 19.5 Å². The Kier molecular flexibility index (Phi) is 5.54. The highest BCUT2D eigenvalue weighted by atomic mass is 16.5. The molecule has 1 unspecified atom stereocenters. The molecule has 4 rings (SSSR count). The molecule has 2 heterocycles. The van der Waals surface area contributed by atoms with Gasteiger partial charge in [0.15, 0.2) is 0 Å². The predicted molar refractivity (Wildman–Crippen MR) is 116 cm³/mol. The molecule has 0 saturated carbocycles. The van der Waals surface area contributed by atoms with Crippen LogP contribution in [0.5, 0.6) is 5.75 Å². The van der Waals surface area contributed by atoms with E-state index in [9.17, 15) is 14.7 Å². The number of methoxy groups -OCH3 is 1. The van der Waals surface area contributed by atoms with E-state index in [0.717, 1.165) is 16.7 Å². The van der Waals surface area contributed by atoms with Crippen LogP contribution in [0, 0.1) is 6.92 Å². The Morgan fingerprint density at radius 3 is 2.52 bits per heavy atom. The zero-order valence-electron chi connectivity index (χ0n) is 17.3. The van der Waals surface area contributed by atoms with E-state index in [2.05, 4.69) is 4.98 Å². The van der Waals surface area contributed by atoms with Gasteiger partial charge in [-0.2, -0.15) is 0 Å². The van der Waals surface area contributed by atoms with Gasteiger partial charge in [0.2, 0.25) is 0 Å². The van der Waals surface area contributed by atoms with Gasteiger partial charge in [-0.1, -0.05) is 35.9 Å². The van der Waals surface area contributed by atoms with Crippen LogP contribution < -0.4 is 4.74 Å². The number of nitrogens with zero attached hydrogens (tertiary/aromatic N) is 2. The molecule has 6 nitrogen and oxygen atoms in total. The molecule has 1 fully saturated rings. The molecule has 1 aliphatic heterocycles. The number of benzene rings is 2. The van der Waals surface area contributed by atoms with Crippen molar-refractivity contribution in [3.63, 3.8) is 0 Å². The maximum atomic E-state index is 13.1. The molecule has 1 atom stereocenters. The third-order valence-corrected chi connectivity index (χ3v) is 5.34. The van der Waals surface area contributed by atoms with Gasteiger partial charge in [-0.3, -0.25) is 14.6 Å². The van der Waals surface area contributed by atoms with E-state index in [-0.39, 0.29) is 17.9 Å². The Morgan fingerprint density at radius 1 is 1.10 bits per heavy atom. The lowest BCUT2D eigenvalue weighted by Crippen LogP contribution is -2.29. The van der Waals surface area contributed by atoms with Crippen LogP contribution in [0.1, 0.15) is 28.3 Å². The van der Waals surface area contributed by atoms with Gasteiger partial charge in [-0.05, 0) is 48.4 Å². The first-order valence-corrected chi connectivity index (χ1v) is 9.88. The molecule has 31 heavy (non-hydrogen) atoms. The van der Waals surface area contributed by atoms with E-state index in [0.29, 0.717) is 11.3 Å². The molecule has 1 amide bonds. The van der Waals surface area contributed by atoms with Crippen LogP contribution in [0.2, 0.25) is 0 Å². The normalized spacial score (nSPS) is 17.7. The summed E-state index contributed by atoms with van der Waals surface area (Å²) in [4.78, 5) is 31.7. The molecule has 1 aromatic heterocycles. The number of ketones is 1. The summed E-state index contributed by atoms with van der Waals surface area (Å²) in [5, 5.41) is 11.1. The number of carbonyl (C=O) groups is 2. The molecule has 6 heteroatoms. The third-order valence-electron chi connectivity index (χ3n) is 5.34. The third kappa shape index (κ3) is 3.92. The van der Waals surface area contributed by atoms with Gasteiger partial charge < -0.3 is 14.7 Å². The average Bonchev–Trinajstić information content (AvgIpc) is 3.04. The number of Topliss-reactive ketones (excluding diaryl/α,β-unsaturated/α-hetero) is 1. The number of amides is 1. The lowest BCUT2D eigenvalue weighted by Gasteiger charge is -2.25. The summed E-state index contributed by atoms with van der Waals surface area (Å²) in [7, 11) is 1.55. The lowest BCUT2D eigenvalue weighted by atomic mass is 9.94. The SMILES string of the molecule is COc1ccc(/C(O)=C2/C(=O)C(=O)N(Cc3cccnc3)C2c2cccc(C)c2)cc1. The van der Waals surface area contributed by atoms with Gasteiger partial charge in [0.25, 0.3) is 11.7 Å². The molecule has 0 aliphatic carbocycles. The summed E-state index contributed by atoms with van der Waals surface area (Å²) < 4.78 is 5.17. The molecule has 3 aromatic rings. The van der Waals surface area contributed by atoms with Gasteiger partial charge in [0.1, 0.15) is 11.5 Å². The van der Waals surface area contributed by atoms with Gasteiger partial charge in [-0.25, -0.2) is 0 Å². The van der Waals surface area contributed by atoms with Gasteiger partial charge in [0.05, 0.1) is 18.7 Å². The highest BCUT2D eigenvalue weighted by molar-refractivity contribution is 6.46. The van der Waals surface area contributed by atoms with E-state index < -0.39 is 17.7 Å². The number of carbonyl (C=O) groups excluding carboxylic acids is 2. The summed E-state index contributed by atoms with van der Waals surface area (Å²) in [5.41, 5.74) is 3.07. The predicted octanol–water partition coefficient (Wildman–Crippen LogP) is 4.02. The fraction of sp³-hybridized carbons (Fsp3) is 0.160. The molecule has 0 spiro atoms. The zero-order valence-corrected chi connectivity index (χ0v) is 17.3. The highest BCUT2D eigenvalue weighted by Crippen LogP contribution is 2.40. The highest BCUT2D eigenvalue weighted by Gasteiger charge is 2.46. The Bertz CT molecular complexity index is 1150. The number of rotatable bonds is 5. The molecule has 156 valence electrons.